The third-order valence-electron chi connectivity index (χ3n) is 4.55. The molecule has 0 amide bonds. The van der Waals surface area contributed by atoms with Crippen LogP contribution in [0.2, 0.25) is 5.02 Å². The topological polar surface area (TPSA) is 61.2 Å². The normalized spacial score (nSPS) is 19.6. The van der Waals surface area contributed by atoms with Gasteiger partial charge in [-0.05, 0) is 36.6 Å². The molecule has 1 N–H and O–H groups in total. The van der Waals surface area contributed by atoms with Crippen LogP contribution in [0.15, 0.2) is 18.5 Å². The zero-order valence-electron chi connectivity index (χ0n) is 13.5. The average Bonchev–Trinajstić information content (AvgIpc) is 2.91. The van der Waals surface area contributed by atoms with Crippen molar-refractivity contribution in [3.8, 4) is 11.5 Å². The molecule has 1 aromatic heterocycles. The van der Waals surface area contributed by atoms with Crippen LogP contribution in [0.4, 0.5) is 0 Å². The van der Waals surface area contributed by atoms with Crippen LogP contribution >= 0.6 is 11.6 Å². The first-order valence-corrected chi connectivity index (χ1v) is 8.83. The van der Waals surface area contributed by atoms with Crippen molar-refractivity contribution in [1.82, 2.24) is 20.1 Å². The molecule has 2 aliphatic heterocycles. The van der Waals surface area contributed by atoms with Crippen LogP contribution in [0.25, 0.3) is 0 Å². The van der Waals surface area contributed by atoms with E-state index in [1.165, 1.54) is 0 Å². The predicted molar refractivity (Wildman–Crippen MR) is 90.6 cm³/mol. The second kappa shape index (κ2) is 6.99. The fourth-order valence-corrected chi connectivity index (χ4v) is 3.59. The number of hydrogen-bond acceptors (Lipinski definition) is 5. The van der Waals surface area contributed by atoms with Gasteiger partial charge in [-0.1, -0.05) is 11.6 Å². The summed E-state index contributed by atoms with van der Waals surface area (Å²) in [4.78, 5) is 0. The number of aryl methyl sites for hydroxylation is 1. The molecular formula is C17H21ClN4O2. The second-order valence-corrected chi connectivity index (χ2v) is 6.80. The van der Waals surface area contributed by atoms with Gasteiger partial charge in [-0.3, -0.25) is 0 Å². The number of hydrogen-bond donors (Lipinski definition) is 1. The quantitative estimate of drug-likeness (QED) is 0.919. The van der Waals surface area contributed by atoms with Crippen molar-refractivity contribution in [3.05, 3.63) is 34.9 Å². The lowest BCUT2D eigenvalue weighted by atomic mass is 9.99. The Bertz CT molecular complexity index is 719. The summed E-state index contributed by atoms with van der Waals surface area (Å²) in [6, 6.07) is 3.99. The Hall–Kier alpha value is -1.79. The Labute approximate surface area is 146 Å². The first-order valence-electron chi connectivity index (χ1n) is 8.45. The second-order valence-electron chi connectivity index (χ2n) is 6.39. The molecule has 0 radical (unpaired) electrons. The summed E-state index contributed by atoms with van der Waals surface area (Å²) in [6.45, 7) is 4.03. The molecule has 2 aliphatic rings. The lowest BCUT2D eigenvalue weighted by molar-refractivity contribution is 0.297. The highest BCUT2D eigenvalue weighted by atomic mass is 35.5. The third kappa shape index (κ3) is 3.35. The summed E-state index contributed by atoms with van der Waals surface area (Å²) < 4.78 is 13.6. The van der Waals surface area contributed by atoms with Gasteiger partial charge in [0, 0.05) is 25.9 Å². The molecule has 0 bridgehead atoms. The molecule has 128 valence electrons. The van der Waals surface area contributed by atoms with Gasteiger partial charge < -0.3 is 19.4 Å². The van der Waals surface area contributed by atoms with E-state index in [1.54, 1.807) is 0 Å². The average molecular weight is 349 g/mol. The highest BCUT2D eigenvalue weighted by molar-refractivity contribution is 6.32. The molecule has 6 nitrogen and oxygen atoms in total. The van der Waals surface area contributed by atoms with Gasteiger partial charge in [0.05, 0.1) is 18.2 Å². The first kappa shape index (κ1) is 15.7. The maximum absolute atomic E-state index is 6.34. The Balaban J connectivity index is 1.35. The number of nitrogens with zero attached hydrogens (tertiary/aromatic N) is 3. The van der Waals surface area contributed by atoms with Crippen LogP contribution in [0, 0.1) is 5.92 Å². The number of nitrogens with one attached hydrogen (secondary N) is 1. The maximum atomic E-state index is 6.34. The van der Waals surface area contributed by atoms with E-state index in [0.29, 0.717) is 29.9 Å². The van der Waals surface area contributed by atoms with Gasteiger partial charge in [-0.15, -0.1) is 10.2 Å². The highest BCUT2D eigenvalue weighted by Crippen LogP contribution is 2.37. The van der Waals surface area contributed by atoms with Gasteiger partial charge in [0.15, 0.2) is 11.5 Å². The van der Waals surface area contributed by atoms with E-state index in [4.69, 9.17) is 21.1 Å². The Kier molecular flexibility index (Phi) is 4.58. The molecule has 2 aromatic rings. The van der Waals surface area contributed by atoms with E-state index in [0.717, 1.165) is 56.0 Å². The first-order chi connectivity index (χ1) is 11.8. The molecule has 0 spiro atoms. The minimum atomic E-state index is 0.601. The van der Waals surface area contributed by atoms with Crippen LogP contribution in [-0.4, -0.2) is 34.5 Å². The molecule has 0 unspecified atom stereocenters. The van der Waals surface area contributed by atoms with Crippen LogP contribution in [0.3, 0.4) is 0 Å². The SMILES string of the molecule is Clc1cc(CNC[C@H]2CCc3nncn3C2)cc2c1OCCCO2. The largest absolute Gasteiger partial charge is 0.489 e. The highest BCUT2D eigenvalue weighted by Gasteiger charge is 2.19. The molecule has 4 rings (SSSR count). The van der Waals surface area contributed by atoms with Gasteiger partial charge >= 0.3 is 0 Å². The summed E-state index contributed by atoms with van der Waals surface area (Å²) in [7, 11) is 0. The van der Waals surface area contributed by atoms with Crippen molar-refractivity contribution in [2.75, 3.05) is 19.8 Å². The number of aromatic nitrogens is 3. The van der Waals surface area contributed by atoms with Gasteiger partial charge in [-0.2, -0.15) is 0 Å². The summed E-state index contributed by atoms with van der Waals surface area (Å²) in [6.07, 6.45) is 4.85. The van der Waals surface area contributed by atoms with Crippen molar-refractivity contribution < 1.29 is 9.47 Å². The molecule has 0 saturated carbocycles. The molecule has 7 heteroatoms. The number of fused-ring (bicyclic) bond motifs is 2. The van der Waals surface area contributed by atoms with Crippen LogP contribution in [0.1, 0.15) is 24.2 Å². The monoisotopic (exact) mass is 348 g/mol. The Morgan fingerprint density at radius 1 is 1.29 bits per heavy atom. The number of benzene rings is 1. The fraction of sp³-hybridized carbons (Fsp3) is 0.529. The van der Waals surface area contributed by atoms with Gasteiger partial charge in [0.1, 0.15) is 12.2 Å². The smallest absolute Gasteiger partial charge is 0.179 e. The molecule has 0 fully saturated rings. The number of halogens is 1. The number of ether oxygens (including phenoxy) is 2. The fourth-order valence-electron chi connectivity index (χ4n) is 3.30. The van der Waals surface area contributed by atoms with Gasteiger partial charge in [-0.25, -0.2) is 0 Å². The molecule has 24 heavy (non-hydrogen) atoms. The summed E-state index contributed by atoms with van der Waals surface area (Å²) >= 11 is 6.34. The summed E-state index contributed by atoms with van der Waals surface area (Å²) in [5.41, 5.74) is 1.12. The summed E-state index contributed by atoms with van der Waals surface area (Å²) in [5, 5.41) is 12.3. The molecule has 0 aliphatic carbocycles. The lowest BCUT2D eigenvalue weighted by Gasteiger charge is -2.23. The van der Waals surface area contributed by atoms with E-state index in [1.807, 2.05) is 18.5 Å². The van der Waals surface area contributed by atoms with Crippen molar-refractivity contribution in [2.24, 2.45) is 5.92 Å². The van der Waals surface area contributed by atoms with Gasteiger partial charge in [0.2, 0.25) is 0 Å². The van der Waals surface area contributed by atoms with Crippen molar-refractivity contribution in [1.29, 1.82) is 0 Å². The van der Waals surface area contributed by atoms with Gasteiger partial charge in [0.25, 0.3) is 0 Å². The van der Waals surface area contributed by atoms with E-state index in [2.05, 4.69) is 20.1 Å². The van der Waals surface area contributed by atoms with Crippen molar-refractivity contribution >= 4 is 11.6 Å². The van der Waals surface area contributed by atoms with Crippen molar-refractivity contribution in [3.63, 3.8) is 0 Å². The minimum absolute atomic E-state index is 0.601. The maximum Gasteiger partial charge on any atom is 0.179 e. The third-order valence-corrected chi connectivity index (χ3v) is 4.83. The molecule has 1 atom stereocenters. The van der Waals surface area contributed by atoms with E-state index >= 15 is 0 Å². The standard InChI is InChI=1S/C17H21ClN4O2/c18-14-6-13(7-15-17(14)24-5-1-4-23-15)9-19-8-12-2-3-16-21-20-11-22(16)10-12/h6-7,11-12,19H,1-5,8-10H2/t12-/m1/s1. The van der Waals surface area contributed by atoms with Crippen LogP contribution in [0.5, 0.6) is 11.5 Å². The minimum Gasteiger partial charge on any atom is -0.489 e. The molecular weight excluding hydrogens is 328 g/mol. The number of rotatable bonds is 4. The lowest BCUT2D eigenvalue weighted by Crippen LogP contribution is -2.29. The van der Waals surface area contributed by atoms with Crippen LogP contribution in [-0.2, 0) is 19.5 Å². The van der Waals surface area contributed by atoms with E-state index in [-0.39, 0.29) is 0 Å². The Morgan fingerprint density at radius 3 is 3.17 bits per heavy atom. The predicted octanol–water partition coefficient (Wildman–Crippen LogP) is 2.45. The Morgan fingerprint density at radius 2 is 2.21 bits per heavy atom. The van der Waals surface area contributed by atoms with E-state index < -0.39 is 0 Å². The molecule has 1 aromatic carbocycles. The van der Waals surface area contributed by atoms with Crippen molar-refractivity contribution in [2.45, 2.75) is 32.4 Å². The zero-order chi connectivity index (χ0) is 16.4. The van der Waals surface area contributed by atoms with E-state index in [9.17, 15) is 0 Å². The zero-order valence-corrected chi connectivity index (χ0v) is 14.3. The summed E-state index contributed by atoms with van der Waals surface area (Å²) in [5.74, 6) is 3.12. The molecule has 3 heterocycles. The van der Waals surface area contributed by atoms with Crippen LogP contribution < -0.4 is 14.8 Å². The molecule has 0 saturated heterocycles.